The minimum atomic E-state index is 0.0694. The zero-order valence-corrected chi connectivity index (χ0v) is 13.2. The summed E-state index contributed by atoms with van der Waals surface area (Å²) in [5, 5.41) is 15.4. The van der Waals surface area contributed by atoms with Crippen LogP contribution in [0.15, 0.2) is 34.1 Å². The van der Waals surface area contributed by atoms with Gasteiger partial charge in [0.05, 0.1) is 7.11 Å². The quantitative estimate of drug-likeness (QED) is 0.860. The second kappa shape index (κ2) is 6.41. The molecular weight excluding hydrogens is 326 g/mol. The van der Waals surface area contributed by atoms with E-state index in [4.69, 9.17) is 4.74 Å². The van der Waals surface area contributed by atoms with E-state index in [9.17, 15) is 5.11 Å². The molecule has 2 aromatic rings. The molecule has 0 saturated heterocycles. The van der Waals surface area contributed by atoms with Gasteiger partial charge in [0.15, 0.2) is 0 Å². The van der Waals surface area contributed by atoms with Gasteiger partial charge in [-0.15, -0.1) is 11.3 Å². The number of thiophene rings is 1. The van der Waals surface area contributed by atoms with Crippen LogP contribution >= 0.6 is 27.3 Å². The standard InChI is InChI=1S/C14H16BrNO2S/c1-9(16-8-14-12(15)5-6-19-14)11-4-3-10(18-2)7-13(11)17/h3-7,9,16-17H,8H2,1-2H3. The molecule has 1 aromatic heterocycles. The van der Waals surface area contributed by atoms with Crippen molar-refractivity contribution < 1.29 is 9.84 Å². The number of hydrogen-bond donors (Lipinski definition) is 2. The Kier molecular flexibility index (Phi) is 4.85. The fourth-order valence-corrected chi connectivity index (χ4v) is 3.27. The fourth-order valence-electron chi connectivity index (χ4n) is 1.82. The molecule has 1 heterocycles. The maximum absolute atomic E-state index is 9.98. The first-order valence-corrected chi connectivity index (χ1v) is 7.61. The van der Waals surface area contributed by atoms with Gasteiger partial charge in [0.1, 0.15) is 11.5 Å². The van der Waals surface area contributed by atoms with E-state index in [0.29, 0.717) is 5.75 Å². The van der Waals surface area contributed by atoms with Crippen molar-refractivity contribution in [2.24, 2.45) is 0 Å². The molecule has 2 N–H and O–H groups in total. The summed E-state index contributed by atoms with van der Waals surface area (Å²) >= 11 is 5.22. The predicted octanol–water partition coefficient (Wildman–Crippen LogP) is 4.08. The molecular formula is C14H16BrNO2S. The monoisotopic (exact) mass is 341 g/mol. The van der Waals surface area contributed by atoms with Gasteiger partial charge in [-0.3, -0.25) is 0 Å². The highest BCUT2D eigenvalue weighted by molar-refractivity contribution is 9.10. The molecule has 5 heteroatoms. The number of ether oxygens (including phenoxy) is 1. The lowest BCUT2D eigenvalue weighted by Gasteiger charge is -2.16. The van der Waals surface area contributed by atoms with Gasteiger partial charge in [0.25, 0.3) is 0 Å². The number of methoxy groups -OCH3 is 1. The molecule has 0 fully saturated rings. The van der Waals surface area contributed by atoms with Crippen LogP contribution in [0.3, 0.4) is 0 Å². The average Bonchev–Trinajstić information content (AvgIpc) is 2.81. The van der Waals surface area contributed by atoms with Crippen molar-refractivity contribution in [1.29, 1.82) is 0 Å². The number of halogens is 1. The van der Waals surface area contributed by atoms with Crippen molar-refractivity contribution in [1.82, 2.24) is 5.32 Å². The molecule has 0 radical (unpaired) electrons. The number of aromatic hydroxyl groups is 1. The highest BCUT2D eigenvalue weighted by Gasteiger charge is 2.11. The Morgan fingerprint density at radius 1 is 1.42 bits per heavy atom. The highest BCUT2D eigenvalue weighted by Crippen LogP contribution is 2.29. The smallest absolute Gasteiger partial charge is 0.124 e. The Morgan fingerprint density at radius 2 is 2.21 bits per heavy atom. The molecule has 0 saturated carbocycles. The van der Waals surface area contributed by atoms with E-state index < -0.39 is 0 Å². The summed E-state index contributed by atoms with van der Waals surface area (Å²) in [6.45, 7) is 2.80. The largest absolute Gasteiger partial charge is 0.507 e. The lowest BCUT2D eigenvalue weighted by Crippen LogP contribution is -2.17. The number of rotatable bonds is 5. The van der Waals surface area contributed by atoms with Crippen molar-refractivity contribution in [3.05, 3.63) is 44.6 Å². The zero-order chi connectivity index (χ0) is 13.8. The molecule has 0 aliphatic heterocycles. The van der Waals surface area contributed by atoms with Gasteiger partial charge in [-0.1, -0.05) is 6.07 Å². The first-order chi connectivity index (χ1) is 9.11. The second-order valence-corrected chi connectivity index (χ2v) is 6.07. The molecule has 1 atom stereocenters. The van der Waals surface area contributed by atoms with Crippen LogP contribution in [0.4, 0.5) is 0 Å². The molecule has 0 bridgehead atoms. The van der Waals surface area contributed by atoms with Crippen LogP contribution in [-0.4, -0.2) is 12.2 Å². The second-order valence-electron chi connectivity index (χ2n) is 4.22. The van der Waals surface area contributed by atoms with Gasteiger partial charge in [-0.05, 0) is 40.4 Å². The average molecular weight is 342 g/mol. The highest BCUT2D eigenvalue weighted by atomic mass is 79.9. The van der Waals surface area contributed by atoms with Gasteiger partial charge in [-0.2, -0.15) is 0 Å². The third-order valence-electron chi connectivity index (χ3n) is 2.96. The van der Waals surface area contributed by atoms with Gasteiger partial charge < -0.3 is 15.2 Å². The molecule has 3 nitrogen and oxygen atoms in total. The maximum Gasteiger partial charge on any atom is 0.124 e. The molecule has 102 valence electrons. The van der Waals surface area contributed by atoms with Gasteiger partial charge >= 0.3 is 0 Å². The summed E-state index contributed by atoms with van der Waals surface area (Å²) in [4.78, 5) is 1.25. The third-order valence-corrected chi connectivity index (χ3v) is 4.89. The molecule has 0 aliphatic rings. The maximum atomic E-state index is 9.98. The van der Waals surface area contributed by atoms with Gasteiger partial charge in [-0.25, -0.2) is 0 Å². The van der Waals surface area contributed by atoms with E-state index in [1.54, 1.807) is 24.5 Å². The summed E-state index contributed by atoms with van der Waals surface area (Å²) in [6, 6.07) is 7.48. The summed E-state index contributed by atoms with van der Waals surface area (Å²) in [6.07, 6.45) is 0. The van der Waals surface area contributed by atoms with Crippen LogP contribution in [0.2, 0.25) is 0 Å². The van der Waals surface area contributed by atoms with E-state index in [1.165, 1.54) is 4.88 Å². The lowest BCUT2D eigenvalue weighted by atomic mass is 10.1. The summed E-state index contributed by atoms with van der Waals surface area (Å²) in [5.41, 5.74) is 0.869. The van der Waals surface area contributed by atoms with Crippen molar-refractivity contribution in [2.45, 2.75) is 19.5 Å². The molecule has 0 aliphatic carbocycles. The van der Waals surface area contributed by atoms with E-state index in [0.717, 1.165) is 16.6 Å². The number of hydrogen-bond acceptors (Lipinski definition) is 4. The first kappa shape index (κ1) is 14.4. The third kappa shape index (κ3) is 3.49. The Bertz CT molecular complexity index is 556. The summed E-state index contributed by atoms with van der Waals surface area (Å²) in [5.74, 6) is 0.916. The van der Waals surface area contributed by atoms with Gasteiger partial charge in [0.2, 0.25) is 0 Å². The van der Waals surface area contributed by atoms with Crippen LogP contribution in [0.25, 0.3) is 0 Å². The van der Waals surface area contributed by atoms with Crippen molar-refractivity contribution in [3.63, 3.8) is 0 Å². The number of phenols is 1. The molecule has 2 rings (SSSR count). The summed E-state index contributed by atoms with van der Waals surface area (Å²) < 4.78 is 6.20. The molecule has 1 aromatic carbocycles. The van der Waals surface area contributed by atoms with E-state index in [1.807, 2.05) is 25.1 Å². The van der Waals surface area contributed by atoms with E-state index >= 15 is 0 Å². The lowest BCUT2D eigenvalue weighted by molar-refractivity contribution is 0.404. The fraction of sp³-hybridized carbons (Fsp3) is 0.286. The first-order valence-electron chi connectivity index (χ1n) is 5.94. The molecule has 19 heavy (non-hydrogen) atoms. The Labute approximate surface area is 125 Å². The Balaban J connectivity index is 2.03. The van der Waals surface area contributed by atoms with Crippen LogP contribution in [-0.2, 0) is 6.54 Å². The summed E-state index contributed by atoms with van der Waals surface area (Å²) in [7, 11) is 1.59. The van der Waals surface area contributed by atoms with Gasteiger partial charge in [0, 0.05) is 33.6 Å². The Morgan fingerprint density at radius 3 is 2.79 bits per heavy atom. The minimum Gasteiger partial charge on any atom is -0.507 e. The number of benzene rings is 1. The van der Waals surface area contributed by atoms with Crippen LogP contribution in [0.5, 0.6) is 11.5 Å². The Hall–Kier alpha value is -1.04. The van der Waals surface area contributed by atoms with Crippen LogP contribution in [0.1, 0.15) is 23.4 Å². The molecule has 1 unspecified atom stereocenters. The topological polar surface area (TPSA) is 41.5 Å². The minimum absolute atomic E-state index is 0.0694. The van der Waals surface area contributed by atoms with Crippen LogP contribution < -0.4 is 10.1 Å². The molecule has 0 amide bonds. The SMILES string of the molecule is COc1ccc(C(C)NCc2sccc2Br)c(O)c1. The zero-order valence-electron chi connectivity index (χ0n) is 10.8. The predicted molar refractivity (Wildman–Crippen MR) is 81.9 cm³/mol. The van der Waals surface area contributed by atoms with Crippen LogP contribution in [0, 0.1) is 0 Å². The normalized spacial score (nSPS) is 12.4. The molecule has 0 spiro atoms. The number of nitrogens with one attached hydrogen (secondary N) is 1. The van der Waals surface area contributed by atoms with Crippen molar-refractivity contribution >= 4 is 27.3 Å². The van der Waals surface area contributed by atoms with E-state index in [2.05, 4.69) is 26.6 Å². The van der Waals surface area contributed by atoms with Crippen molar-refractivity contribution in [3.8, 4) is 11.5 Å². The number of phenolic OH excluding ortho intramolecular Hbond substituents is 1. The van der Waals surface area contributed by atoms with Crippen molar-refractivity contribution in [2.75, 3.05) is 7.11 Å². The van der Waals surface area contributed by atoms with E-state index in [-0.39, 0.29) is 11.8 Å².